The Morgan fingerprint density at radius 1 is 1.20 bits per heavy atom. The largest absolute Gasteiger partial charge is 0.388 e. The van der Waals surface area contributed by atoms with E-state index in [0.29, 0.717) is 12.2 Å². The van der Waals surface area contributed by atoms with Gasteiger partial charge in [0.15, 0.2) is 5.96 Å². The first-order valence-electron chi connectivity index (χ1n) is 9.36. The van der Waals surface area contributed by atoms with Gasteiger partial charge in [0.05, 0.1) is 17.8 Å². The molecule has 2 fully saturated rings. The SMILES string of the molecule is CCNC(=NCC1(O)CCCC1)N1CCN(c2ccccc2F)CC1. The Labute approximate surface area is 149 Å². The van der Waals surface area contributed by atoms with Crippen molar-refractivity contribution in [2.75, 3.05) is 44.2 Å². The molecule has 0 atom stereocenters. The molecule has 0 bridgehead atoms. The minimum absolute atomic E-state index is 0.167. The number of hydrogen-bond donors (Lipinski definition) is 2. The molecule has 0 radical (unpaired) electrons. The molecule has 0 amide bonds. The van der Waals surface area contributed by atoms with Gasteiger partial charge in [-0.25, -0.2) is 4.39 Å². The summed E-state index contributed by atoms with van der Waals surface area (Å²) in [5.74, 6) is 0.691. The van der Waals surface area contributed by atoms with Crippen molar-refractivity contribution in [1.29, 1.82) is 0 Å². The van der Waals surface area contributed by atoms with E-state index in [1.54, 1.807) is 6.07 Å². The maximum atomic E-state index is 14.0. The Kier molecular flexibility index (Phi) is 5.78. The van der Waals surface area contributed by atoms with Crippen molar-refractivity contribution < 1.29 is 9.50 Å². The highest BCUT2D eigenvalue weighted by Crippen LogP contribution is 2.29. The number of para-hydroxylation sites is 1. The predicted molar refractivity (Wildman–Crippen MR) is 99.6 cm³/mol. The molecule has 1 aromatic carbocycles. The van der Waals surface area contributed by atoms with E-state index in [0.717, 1.165) is 64.4 Å². The van der Waals surface area contributed by atoms with Crippen molar-refractivity contribution in [3.05, 3.63) is 30.1 Å². The molecule has 0 unspecified atom stereocenters. The van der Waals surface area contributed by atoms with Gasteiger partial charge in [-0.3, -0.25) is 4.99 Å². The number of halogens is 1. The van der Waals surface area contributed by atoms with Crippen molar-refractivity contribution in [3.8, 4) is 0 Å². The molecule has 6 heteroatoms. The second-order valence-electron chi connectivity index (χ2n) is 7.03. The maximum absolute atomic E-state index is 14.0. The lowest BCUT2D eigenvalue weighted by Gasteiger charge is -2.38. The summed E-state index contributed by atoms with van der Waals surface area (Å²) >= 11 is 0. The van der Waals surface area contributed by atoms with Gasteiger partial charge in [0.2, 0.25) is 0 Å². The van der Waals surface area contributed by atoms with Gasteiger partial charge in [0, 0.05) is 32.7 Å². The summed E-state index contributed by atoms with van der Waals surface area (Å²) in [4.78, 5) is 8.99. The van der Waals surface area contributed by atoms with Crippen LogP contribution in [0.3, 0.4) is 0 Å². The van der Waals surface area contributed by atoms with E-state index in [9.17, 15) is 9.50 Å². The molecule has 1 heterocycles. The van der Waals surface area contributed by atoms with Crippen LogP contribution in [0.4, 0.5) is 10.1 Å². The van der Waals surface area contributed by atoms with Crippen LogP contribution in [0.2, 0.25) is 0 Å². The average molecular weight is 348 g/mol. The van der Waals surface area contributed by atoms with Crippen LogP contribution in [0, 0.1) is 5.82 Å². The van der Waals surface area contributed by atoms with Gasteiger partial charge in [0.25, 0.3) is 0 Å². The number of aliphatic imine (C=N–C) groups is 1. The van der Waals surface area contributed by atoms with Gasteiger partial charge in [-0.1, -0.05) is 25.0 Å². The molecule has 1 aromatic rings. The highest BCUT2D eigenvalue weighted by atomic mass is 19.1. The zero-order valence-corrected chi connectivity index (χ0v) is 15.0. The molecule has 25 heavy (non-hydrogen) atoms. The van der Waals surface area contributed by atoms with Crippen LogP contribution in [0.5, 0.6) is 0 Å². The fourth-order valence-corrected chi connectivity index (χ4v) is 3.71. The smallest absolute Gasteiger partial charge is 0.194 e. The molecule has 0 aromatic heterocycles. The van der Waals surface area contributed by atoms with Gasteiger partial charge >= 0.3 is 0 Å². The predicted octanol–water partition coefficient (Wildman–Crippen LogP) is 2.22. The summed E-state index contributed by atoms with van der Waals surface area (Å²) < 4.78 is 14.0. The van der Waals surface area contributed by atoms with Crippen molar-refractivity contribution in [3.63, 3.8) is 0 Å². The van der Waals surface area contributed by atoms with E-state index >= 15 is 0 Å². The molecule has 0 spiro atoms. The second-order valence-corrected chi connectivity index (χ2v) is 7.03. The Bertz CT molecular complexity index is 593. The number of piperazine rings is 1. The van der Waals surface area contributed by atoms with Crippen molar-refractivity contribution in [2.45, 2.75) is 38.2 Å². The number of guanidine groups is 1. The molecule has 138 valence electrons. The highest BCUT2D eigenvalue weighted by Gasteiger charge is 2.31. The first-order valence-corrected chi connectivity index (χ1v) is 9.36. The third-order valence-corrected chi connectivity index (χ3v) is 5.16. The minimum Gasteiger partial charge on any atom is -0.388 e. The molecule has 1 saturated heterocycles. The molecule has 2 N–H and O–H groups in total. The second kappa shape index (κ2) is 8.04. The van der Waals surface area contributed by atoms with Crippen LogP contribution in [-0.4, -0.2) is 60.8 Å². The van der Waals surface area contributed by atoms with E-state index in [2.05, 4.69) is 22.0 Å². The van der Waals surface area contributed by atoms with Crippen LogP contribution in [0.1, 0.15) is 32.6 Å². The number of nitrogens with zero attached hydrogens (tertiary/aromatic N) is 3. The first-order chi connectivity index (χ1) is 12.1. The zero-order chi connectivity index (χ0) is 17.7. The van der Waals surface area contributed by atoms with Crippen LogP contribution in [-0.2, 0) is 0 Å². The van der Waals surface area contributed by atoms with Gasteiger partial charge in [-0.15, -0.1) is 0 Å². The van der Waals surface area contributed by atoms with Crippen LogP contribution in [0.15, 0.2) is 29.3 Å². The lowest BCUT2D eigenvalue weighted by Crippen LogP contribution is -2.53. The monoisotopic (exact) mass is 348 g/mol. The van der Waals surface area contributed by atoms with Gasteiger partial charge < -0.3 is 20.2 Å². The summed E-state index contributed by atoms with van der Waals surface area (Å²) in [5.41, 5.74) is 0.0414. The van der Waals surface area contributed by atoms with E-state index in [1.807, 2.05) is 12.1 Å². The first kappa shape index (κ1) is 18.0. The molecule has 3 rings (SSSR count). The summed E-state index contributed by atoms with van der Waals surface area (Å²) in [7, 11) is 0. The molecular formula is C19H29FN4O. The molecule has 2 aliphatic rings. The van der Waals surface area contributed by atoms with E-state index in [1.165, 1.54) is 6.07 Å². The fraction of sp³-hybridized carbons (Fsp3) is 0.632. The molecule has 1 aliphatic carbocycles. The quantitative estimate of drug-likeness (QED) is 0.647. The lowest BCUT2D eigenvalue weighted by molar-refractivity contribution is 0.0571. The normalized spacial score (nSPS) is 20.8. The Hall–Kier alpha value is -1.82. The highest BCUT2D eigenvalue weighted by molar-refractivity contribution is 5.80. The Balaban J connectivity index is 1.61. The number of hydrogen-bond acceptors (Lipinski definition) is 3. The number of nitrogens with one attached hydrogen (secondary N) is 1. The lowest BCUT2D eigenvalue weighted by atomic mass is 10.0. The Morgan fingerprint density at radius 2 is 1.88 bits per heavy atom. The fourth-order valence-electron chi connectivity index (χ4n) is 3.71. The van der Waals surface area contributed by atoms with Crippen molar-refractivity contribution in [2.24, 2.45) is 4.99 Å². The topological polar surface area (TPSA) is 51.1 Å². The summed E-state index contributed by atoms with van der Waals surface area (Å²) in [6.07, 6.45) is 3.86. The van der Waals surface area contributed by atoms with Crippen LogP contribution >= 0.6 is 0 Å². The van der Waals surface area contributed by atoms with Gasteiger partial charge in [0.1, 0.15) is 5.82 Å². The number of rotatable bonds is 4. The third-order valence-electron chi connectivity index (χ3n) is 5.16. The van der Waals surface area contributed by atoms with Gasteiger partial charge in [-0.05, 0) is 31.9 Å². The number of anilines is 1. The Morgan fingerprint density at radius 3 is 2.52 bits per heavy atom. The van der Waals surface area contributed by atoms with E-state index in [-0.39, 0.29) is 5.82 Å². The number of benzene rings is 1. The molecule has 1 saturated carbocycles. The average Bonchev–Trinajstić information content (AvgIpc) is 3.06. The number of aliphatic hydroxyl groups is 1. The zero-order valence-electron chi connectivity index (χ0n) is 15.0. The van der Waals surface area contributed by atoms with Crippen molar-refractivity contribution >= 4 is 11.6 Å². The minimum atomic E-state index is -0.629. The molecule has 5 nitrogen and oxygen atoms in total. The maximum Gasteiger partial charge on any atom is 0.194 e. The van der Waals surface area contributed by atoms with Crippen molar-refractivity contribution in [1.82, 2.24) is 10.2 Å². The van der Waals surface area contributed by atoms with Crippen LogP contribution < -0.4 is 10.2 Å². The third kappa shape index (κ3) is 4.42. The standard InChI is InChI=1S/C19H29FN4O/c1-2-21-18(22-15-19(25)9-5-6-10-19)24-13-11-23(12-14-24)17-8-4-3-7-16(17)20/h3-4,7-8,25H,2,5-6,9-15H2,1H3,(H,21,22). The summed E-state index contributed by atoms with van der Waals surface area (Å²) in [6.45, 7) is 6.41. The van der Waals surface area contributed by atoms with Gasteiger partial charge in [-0.2, -0.15) is 0 Å². The molecule has 1 aliphatic heterocycles. The van der Waals surface area contributed by atoms with E-state index < -0.39 is 5.60 Å². The van der Waals surface area contributed by atoms with E-state index in [4.69, 9.17) is 4.99 Å². The summed E-state index contributed by atoms with van der Waals surface area (Å²) in [5, 5.41) is 13.9. The van der Waals surface area contributed by atoms with Crippen LogP contribution in [0.25, 0.3) is 0 Å². The molecular weight excluding hydrogens is 319 g/mol. The summed E-state index contributed by atoms with van der Waals surface area (Å²) in [6, 6.07) is 6.94.